The van der Waals surface area contributed by atoms with Crippen LogP contribution in [0.25, 0.3) is 55.1 Å². The van der Waals surface area contributed by atoms with E-state index < -0.39 is 0 Å². The molecule has 35 heavy (non-hydrogen) atoms. The topological polar surface area (TPSA) is 17.0 Å². The third-order valence-electron chi connectivity index (χ3n) is 7.21. The summed E-state index contributed by atoms with van der Waals surface area (Å²) in [6, 6.07) is 30.7. The molecule has 0 saturated heterocycles. The van der Waals surface area contributed by atoms with Crippen LogP contribution in [-0.4, -0.2) is 0 Å². The van der Waals surface area contributed by atoms with Crippen LogP contribution in [0, 0.1) is 6.92 Å². The van der Waals surface area contributed by atoms with Crippen molar-refractivity contribution in [2.24, 2.45) is 7.05 Å². The summed E-state index contributed by atoms with van der Waals surface area (Å²) >= 11 is 0. The van der Waals surface area contributed by atoms with Gasteiger partial charge in [-0.15, -0.1) is 0 Å². The maximum absolute atomic E-state index is 6.57. The highest BCUT2D eigenvalue weighted by Gasteiger charge is 2.22. The number of rotatable bonds is 2. The van der Waals surface area contributed by atoms with E-state index in [1.54, 1.807) is 0 Å². The largest absolute Gasteiger partial charge is 0.455 e. The summed E-state index contributed by atoms with van der Waals surface area (Å²) in [7, 11) is 2.11. The van der Waals surface area contributed by atoms with Crippen LogP contribution in [0.4, 0.5) is 0 Å². The third kappa shape index (κ3) is 3.61. The lowest BCUT2D eigenvalue weighted by Crippen LogP contribution is -2.30. The van der Waals surface area contributed by atoms with E-state index in [0.29, 0.717) is 0 Å². The molecule has 6 aromatic rings. The highest BCUT2D eigenvalue weighted by Crippen LogP contribution is 2.39. The third-order valence-corrected chi connectivity index (χ3v) is 7.21. The molecule has 172 valence electrons. The molecule has 0 aliphatic rings. The van der Waals surface area contributed by atoms with Gasteiger partial charge in [0.1, 0.15) is 18.2 Å². The molecule has 0 radical (unpaired) electrons. The second-order valence-electron chi connectivity index (χ2n) is 10.7. The zero-order chi connectivity index (χ0) is 24.3. The van der Waals surface area contributed by atoms with E-state index in [0.717, 1.165) is 33.2 Å². The van der Waals surface area contributed by atoms with Crippen molar-refractivity contribution in [3.05, 3.63) is 102 Å². The van der Waals surface area contributed by atoms with E-state index in [2.05, 4.69) is 130 Å². The fourth-order valence-electron chi connectivity index (χ4n) is 5.10. The van der Waals surface area contributed by atoms with Gasteiger partial charge in [0, 0.05) is 22.9 Å². The molecule has 0 unspecified atom stereocenters. The number of fused-ring (bicyclic) bond motifs is 4. The summed E-state index contributed by atoms with van der Waals surface area (Å²) in [5, 5.41) is 4.75. The van der Waals surface area contributed by atoms with Crippen molar-refractivity contribution in [3.63, 3.8) is 0 Å². The van der Waals surface area contributed by atoms with Crippen molar-refractivity contribution in [3.8, 4) is 22.4 Å². The van der Waals surface area contributed by atoms with Gasteiger partial charge in [0.25, 0.3) is 0 Å². The first-order chi connectivity index (χ1) is 16.8. The van der Waals surface area contributed by atoms with Crippen LogP contribution < -0.4 is 4.57 Å². The SMILES string of the molecule is Cc1ccc2c(oc3cc4ccccc4cc32)c1-c1cc(-c2ccc(C(C)(C)C)cc2)cc[n+]1C. The Balaban J connectivity index is 1.55. The summed E-state index contributed by atoms with van der Waals surface area (Å²) in [5.41, 5.74) is 9.30. The minimum Gasteiger partial charge on any atom is -0.455 e. The molecule has 2 aromatic heterocycles. The van der Waals surface area contributed by atoms with Crippen molar-refractivity contribution in [2.75, 3.05) is 0 Å². The Labute approximate surface area is 206 Å². The van der Waals surface area contributed by atoms with Crippen molar-refractivity contribution >= 4 is 32.7 Å². The standard InChI is InChI=1S/C33H30NO/c1-21-10-15-27-28-18-23-8-6-7-9-24(23)20-30(28)35-32(27)31(21)29-19-25(16-17-34(29)5)22-11-13-26(14-12-22)33(2,3)4/h6-20H,1-5H3/q+1. The van der Waals surface area contributed by atoms with Gasteiger partial charge in [-0.3, -0.25) is 0 Å². The lowest BCUT2D eigenvalue weighted by Gasteiger charge is -2.19. The number of nitrogens with zero attached hydrogens (tertiary/aromatic N) is 1. The van der Waals surface area contributed by atoms with Gasteiger partial charge >= 0.3 is 0 Å². The minimum atomic E-state index is 0.145. The van der Waals surface area contributed by atoms with E-state index in [1.165, 1.54) is 33.0 Å². The molecule has 0 fully saturated rings. The monoisotopic (exact) mass is 456 g/mol. The Hall–Kier alpha value is -3.91. The quantitative estimate of drug-likeness (QED) is 0.239. The fraction of sp³-hybridized carbons (Fsp3) is 0.182. The van der Waals surface area contributed by atoms with Crippen LogP contribution in [0.2, 0.25) is 0 Å². The molecule has 0 N–H and O–H groups in total. The number of pyridine rings is 1. The second kappa shape index (κ2) is 7.81. The van der Waals surface area contributed by atoms with Crippen molar-refractivity contribution in [1.82, 2.24) is 0 Å². The number of hydrogen-bond acceptors (Lipinski definition) is 1. The molecule has 0 aliphatic heterocycles. The van der Waals surface area contributed by atoms with E-state index in [1.807, 2.05) is 0 Å². The van der Waals surface area contributed by atoms with Crippen LogP contribution in [0.15, 0.2) is 95.5 Å². The van der Waals surface area contributed by atoms with Gasteiger partial charge in [-0.2, -0.15) is 0 Å². The maximum Gasteiger partial charge on any atom is 0.216 e. The first kappa shape index (κ1) is 21.6. The van der Waals surface area contributed by atoms with Gasteiger partial charge in [0.2, 0.25) is 5.69 Å². The molecule has 0 spiro atoms. The molecule has 4 aromatic carbocycles. The predicted octanol–water partition coefficient (Wildman–Crippen LogP) is 8.50. The smallest absolute Gasteiger partial charge is 0.216 e. The molecule has 0 aliphatic carbocycles. The molecular formula is C33H30NO+. The normalized spacial score (nSPS) is 12.1. The van der Waals surface area contributed by atoms with Crippen LogP contribution >= 0.6 is 0 Å². The highest BCUT2D eigenvalue weighted by atomic mass is 16.3. The lowest BCUT2D eigenvalue weighted by molar-refractivity contribution is -0.660. The number of furan rings is 1. The summed E-state index contributed by atoms with van der Waals surface area (Å²) < 4.78 is 8.76. The second-order valence-corrected chi connectivity index (χ2v) is 10.7. The Morgan fingerprint density at radius 1 is 0.714 bits per heavy atom. The maximum atomic E-state index is 6.57. The van der Waals surface area contributed by atoms with Gasteiger partial charge in [-0.05, 0) is 57.5 Å². The Kier molecular flexibility index (Phi) is 4.82. The van der Waals surface area contributed by atoms with E-state index in [-0.39, 0.29) is 5.41 Å². The molecule has 0 atom stereocenters. The summed E-state index contributed by atoms with van der Waals surface area (Å²) in [4.78, 5) is 0. The Morgan fingerprint density at radius 3 is 2.14 bits per heavy atom. The first-order valence-corrected chi connectivity index (χ1v) is 12.3. The van der Waals surface area contributed by atoms with Crippen molar-refractivity contribution < 1.29 is 8.98 Å². The van der Waals surface area contributed by atoms with Gasteiger partial charge in [0.05, 0.1) is 5.56 Å². The molecule has 0 amide bonds. The average molecular weight is 457 g/mol. The average Bonchev–Trinajstić information content (AvgIpc) is 3.20. The number of aromatic nitrogens is 1. The fourth-order valence-corrected chi connectivity index (χ4v) is 5.10. The van der Waals surface area contributed by atoms with Crippen molar-refractivity contribution in [1.29, 1.82) is 0 Å². The molecule has 2 heterocycles. The van der Waals surface area contributed by atoms with Crippen LogP contribution in [0.1, 0.15) is 31.9 Å². The zero-order valence-corrected chi connectivity index (χ0v) is 21.0. The van der Waals surface area contributed by atoms with Gasteiger partial charge < -0.3 is 4.42 Å². The molecule has 2 heteroatoms. The molecular weight excluding hydrogens is 426 g/mol. The molecule has 0 bridgehead atoms. The molecule has 0 saturated carbocycles. The van der Waals surface area contributed by atoms with Crippen LogP contribution in [-0.2, 0) is 12.5 Å². The van der Waals surface area contributed by atoms with Gasteiger partial charge in [0.15, 0.2) is 6.20 Å². The van der Waals surface area contributed by atoms with E-state index in [9.17, 15) is 0 Å². The van der Waals surface area contributed by atoms with Gasteiger partial charge in [-0.25, -0.2) is 4.57 Å². The number of aryl methyl sites for hydroxylation is 2. The zero-order valence-electron chi connectivity index (χ0n) is 21.0. The molecule has 2 nitrogen and oxygen atoms in total. The first-order valence-electron chi connectivity index (χ1n) is 12.3. The van der Waals surface area contributed by atoms with Gasteiger partial charge in [-0.1, -0.05) is 81.4 Å². The summed E-state index contributed by atoms with van der Waals surface area (Å²) in [5.74, 6) is 0. The highest BCUT2D eigenvalue weighted by molar-refractivity contribution is 6.13. The predicted molar refractivity (Wildman–Crippen MR) is 147 cm³/mol. The number of benzene rings is 4. The Morgan fingerprint density at radius 2 is 1.43 bits per heavy atom. The van der Waals surface area contributed by atoms with E-state index >= 15 is 0 Å². The Bertz CT molecular complexity index is 1730. The lowest BCUT2D eigenvalue weighted by atomic mass is 9.86. The van der Waals surface area contributed by atoms with Crippen molar-refractivity contribution in [2.45, 2.75) is 33.1 Å². The summed E-state index contributed by atoms with van der Waals surface area (Å²) in [6.07, 6.45) is 2.15. The molecule has 6 rings (SSSR count). The minimum absolute atomic E-state index is 0.145. The van der Waals surface area contributed by atoms with E-state index in [4.69, 9.17) is 4.42 Å². The van der Waals surface area contributed by atoms with Crippen LogP contribution in [0.3, 0.4) is 0 Å². The van der Waals surface area contributed by atoms with Crippen LogP contribution in [0.5, 0.6) is 0 Å². The summed E-state index contributed by atoms with van der Waals surface area (Å²) in [6.45, 7) is 8.93. The number of hydrogen-bond donors (Lipinski definition) is 0.